The highest BCUT2D eigenvalue weighted by atomic mass is 16.5. The van der Waals surface area contributed by atoms with Crippen molar-refractivity contribution in [3.8, 4) is 0 Å². The minimum absolute atomic E-state index is 0.108. The summed E-state index contributed by atoms with van der Waals surface area (Å²) in [4.78, 5) is 13.4. The highest BCUT2D eigenvalue weighted by molar-refractivity contribution is 5.69. The van der Waals surface area contributed by atoms with Crippen molar-refractivity contribution in [2.45, 2.75) is 38.6 Å². The molecule has 1 aliphatic heterocycles. The van der Waals surface area contributed by atoms with Gasteiger partial charge >= 0.3 is 5.97 Å². The first-order valence-electron chi connectivity index (χ1n) is 6.28. The third-order valence-electron chi connectivity index (χ3n) is 3.05. The second kappa shape index (κ2) is 7.63. The fourth-order valence-electron chi connectivity index (χ4n) is 2.13. The maximum absolute atomic E-state index is 11.0. The summed E-state index contributed by atoms with van der Waals surface area (Å²) in [5.74, 6) is -0.108. The number of hydrogen-bond acceptors (Lipinski definition) is 4. The van der Waals surface area contributed by atoms with Crippen molar-refractivity contribution in [2.75, 3.05) is 33.3 Å². The second-order valence-electron chi connectivity index (χ2n) is 4.42. The van der Waals surface area contributed by atoms with Crippen LogP contribution in [-0.4, -0.2) is 50.2 Å². The summed E-state index contributed by atoms with van der Waals surface area (Å²) in [5, 5.41) is 3.55. The van der Waals surface area contributed by atoms with Gasteiger partial charge in [-0.15, -0.1) is 0 Å². The van der Waals surface area contributed by atoms with Gasteiger partial charge in [-0.2, -0.15) is 0 Å². The number of rotatable bonds is 6. The molecule has 1 aliphatic rings. The summed E-state index contributed by atoms with van der Waals surface area (Å²) in [7, 11) is 1.45. The molecule has 1 atom stereocenters. The molecule has 1 rings (SSSR count). The molecule has 0 bridgehead atoms. The van der Waals surface area contributed by atoms with Crippen LogP contribution in [0.5, 0.6) is 0 Å². The van der Waals surface area contributed by atoms with Crippen LogP contribution in [0, 0.1) is 0 Å². The predicted molar refractivity (Wildman–Crippen MR) is 64.4 cm³/mol. The minimum Gasteiger partial charge on any atom is -0.469 e. The van der Waals surface area contributed by atoms with Gasteiger partial charge in [0.2, 0.25) is 0 Å². The maximum atomic E-state index is 11.0. The largest absolute Gasteiger partial charge is 0.469 e. The predicted octanol–water partition coefficient (Wildman–Crippen LogP) is 1.01. The van der Waals surface area contributed by atoms with Crippen molar-refractivity contribution in [2.24, 2.45) is 0 Å². The molecule has 16 heavy (non-hydrogen) atoms. The first-order valence-corrected chi connectivity index (χ1v) is 6.28. The van der Waals surface area contributed by atoms with E-state index in [1.54, 1.807) is 0 Å². The summed E-state index contributed by atoms with van der Waals surface area (Å²) >= 11 is 0. The molecule has 0 radical (unpaired) electrons. The number of hydrogen-bond donors (Lipinski definition) is 1. The van der Waals surface area contributed by atoms with Crippen molar-refractivity contribution in [3.63, 3.8) is 0 Å². The van der Waals surface area contributed by atoms with Gasteiger partial charge in [-0.3, -0.25) is 4.79 Å². The Morgan fingerprint density at radius 3 is 3.06 bits per heavy atom. The molecule has 0 spiro atoms. The number of methoxy groups -OCH3 is 1. The van der Waals surface area contributed by atoms with Gasteiger partial charge in [0.25, 0.3) is 0 Å². The Bertz CT molecular complexity index is 209. The van der Waals surface area contributed by atoms with Crippen LogP contribution in [-0.2, 0) is 9.53 Å². The molecule has 0 aromatic carbocycles. The van der Waals surface area contributed by atoms with Gasteiger partial charge in [-0.05, 0) is 32.4 Å². The van der Waals surface area contributed by atoms with E-state index in [0.29, 0.717) is 12.5 Å². The van der Waals surface area contributed by atoms with Crippen molar-refractivity contribution in [1.29, 1.82) is 0 Å². The lowest BCUT2D eigenvalue weighted by molar-refractivity contribution is -0.141. The fourth-order valence-corrected chi connectivity index (χ4v) is 2.13. The molecule has 0 aromatic rings. The molecule has 0 aliphatic carbocycles. The Morgan fingerprint density at radius 1 is 1.56 bits per heavy atom. The molecule has 1 N–H and O–H groups in total. The zero-order valence-corrected chi connectivity index (χ0v) is 10.5. The van der Waals surface area contributed by atoms with E-state index < -0.39 is 0 Å². The van der Waals surface area contributed by atoms with Crippen molar-refractivity contribution in [3.05, 3.63) is 0 Å². The number of carbonyl (C=O) groups excluding carboxylic acids is 1. The minimum atomic E-state index is -0.108. The third-order valence-corrected chi connectivity index (χ3v) is 3.05. The molecular weight excluding hydrogens is 204 g/mol. The first-order chi connectivity index (χ1) is 7.76. The number of likely N-dealkylation sites (tertiary alicyclic amines) is 1. The molecule has 1 unspecified atom stereocenters. The lowest BCUT2D eigenvalue weighted by Crippen LogP contribution is -2.46. The Morgan fingerprint density at radius 2 is 2.38 bits per heavy atom. The molecule has 1 saturated heterocycles. The van der Waals surface area contributed by atoms with Crippen LogP contribution < -0.4 is 5.32 Å². The van der Waals surface area contributed by atoms with Crippen molar-refractivity contribution < 1.29 is 9.53 Å². The number of nitrogens with zero attached hydrogens (tertiary/aromatic N) is 1. The van der Waals surface area contributed by atoms with E-state index in [2.05, 4.69) is 21.9 Å². The summed E-state index contributed by atoms with van der Waals surface area (Å²) in [6.07, 6.45) is 4.17. The molecule has 1 fully saturated rings. The van der Waals surface area contributed by atoms with Crippen LogP contribution in [0.4, 0.5) is 0 Å². The Hall–Kier alpha value is -0.610. The maximum Gasteiger partial charge on any atom is 0.306 e. The van der Waals surface area contributed by atoms with E-state index >= 15 is 0 Å². The molecule has 0 saturated carbocycles. The highest BCUT2D eigenvalue weighted by Crippen LogP contribution is 2.10. The molecule has 1 heterocycles. The summed E-state index contributed by atoms with van der Waals surface area (Å²) in [6.45, 7) is 6.29. The van der Waals surface area contributed by atoms with E-state index in [9.17, 15) is 4.79 Å². The highest BCUT2D eigenvalue weighted by Gasteiger charge is 2.19. The summed E-state index contributed by atoms with van der Waals surface area (Å²) in [6, 6.07) is 0.603. The Kier molecular flexibility index (Phi) is 6.42. The number of nitrogens with one attached hydrogen (secondary N) is 1. The normalized spacial score (nSPS) is 22.0. The van der Waals surface area contributed by atoms with Crippen LogP contribution in [0.25, 0.3) is 0 Å². The molecule has 4 nitrogen and oxygen atoms in total. The van der Waals surface area contributed by atoms with E-state index in [1.807, 2.05) is 0 Å². The average Bonchev–Trinajstić information content (AvgIpc) is 2.34. The molecule has 94 valence electrons. The molecule has 0 aromatic heterocycles. The number of esters is 1. The third kappa shape index (κ3) is 4.94. The lowest BCUT2D eigenvalue weighted by atomic mass is 10.1. The number of piperidine rings is 1. The molecule has 0 amide bonds. The summed E-state index contributed by atoms with van der Waals surface area (Å²) < 4.78 is 4.65. The zero-order chi connectivity index (χ0) is 11.8. The van der Waals surface area contributed by atoms with Gasteiger partial charge < -0.3 is 15.0 Å². The van der Waals surface area contributed by atoms with E-state index in [1.165, 1.54) is 26.4 Å². The van der Waals surface area contributed by atoms with Gasteiger partial charge in [0.1, 0.15) is 0 Å². The van der Waals surface area contributed by atoms with Gasteiger partial charge in [-0.1, -0.05) is 6.92 Å². The number of ether oxygens (including phenoxy) is 1. The van der Waals surface area contributed by atoms with Crippen molar-refractivity contribution in [1.82, 2.24) is 10.2 Å². The van der Waals surface area contributed by atoms with E-state index in [4.69, 9.17) is 0 Å². The molecule has 4 heteroatoms. The van der Waals surface area contributed by atoms with E-state index in [0.717, 1.165) is 26.2 Å². The zero-order valence-electron chi connectivity index (χ0n) is 10.5. The topological polar surface area (TPSA) is 41.6 Å². The van der Waals surface area contributed by atoms with Crippen LogP contribution in [0.2, 0.25) is 0 Å². The Balaban J connectivity index is 2.19. The SMILES string of the molecule is CCCNC1CCCN(CCC(=O)OC)C1. The van der Waals surface area contributed by atoms with Gasteiger partial charge in [0, 0.05) is 19.1 Å². The smallest absolute Gasteiger partial charge is 0.306 e. The van der Waals surface area contributed by atoms with Crippen LogP contribution >= 0.6 is 0 Å². The lowest BCUT2D eigenvalue weighted by Gasteiger charge is -2.33. The van der Waals surface area contributed by atoms with E-state index in [-0.39, 0.29) is 5.97 Å². The summed E-state index contributed by atoms with van der Waals surface area (Å²) in [5.41, 5.74) is 0. The molecular formula is C12H24N2O2. The van der Waals surface area contributed by atoms with Crippen LogP contribution in [0.1, 0.15) is 32.6 Å². The Labute approximate surface area is 98.3 Å². The quantitative estimate of drug-likeness (QED) is 0.689. The van der Waals surface area contributed by atoms with Crippen LogP contribution in [0.15, 0.2) is 0 Å². The monoisotopic (exact) mass is 228 g/mol. The first kappa shape index (κ1) is 13.5. The average molecular weight is 228 g/mol. The second-order valence-corrected chi connectivity index (χ2v) is 4.42. The van der Waals surface area contributed by atoms with Gasteiger partial charge in [-0.25, -0.2) is 0 Å². The van der Waals surface area contributed by atoms with Gasteiger partial charge in [0.15, 0.2) is 0 Å². The number of carbonyl (C=O) groups is 1. The van der Waals surface area contributed by atoms with Gasteiger partial charge in [0.05, 0.1) is 13.5 Å². The fraction of sp³-hybridized carbons (Fsp3) is 0.917. The standard InChI is InChI=1S/C12H24N2O2/c1-3-7-13-11-5-4-8-14(10-11)9-6-12(15)16-2/h11,13H,3-10H2,1-2H3. The van der Waals surface area contributed by atoms with Crippen molar-refractivity contribution >= 4 is 5.97 Å². The van der Waals surface area contributed by atoms with Crippen LogP contribution in [0.3, 0.4) is 0 Å².